The molecule has 4 rings (SSSR count). The van der Waals surface area contributed by atoms with Gasteiger partial charge in [0.25, 0.3) is 11.5 Å². The highest BCUT2D eigenvalue weighted by Gasteiger charge is 2.33. The molecule has 0 spiro atoms. The summed E-state index contributed by atoms with van der Waals surface area (Å²) in [5, 5.41) is 0. The number of fused-ring (bicyclic) bond motifs is 2. The summed E-state index contributed by atoms with van der Waals surface area (Å²) in [6.07, 6.45) is 7.27. The summed E-state index contributed by atoms with van der Waals surface area (Å²) in [5.41, 5.74) is -0.693. The van der Waals surface area contributed by atoms with Crippen LogP contribution >= 0.6 is 0 Å². The van der Waals surface area contributed by atoms with Crippen molar-refractivity contribution in [2.45, 2.75) is 38.6 Å². The molecule has 2 fully saturated rings. The maximum Gasteiger partial charge on any atom is 0.332 e. The molecule has 2 atom stereocenters. The SMILES string of the molecule is Cn1c(=O)c2c(ncn2CC(=O)OCC(=O)N2CC[C@@H]3CCCC[C@@H]3C2)n(C)c1=O. The predicted octanol–water partition coefficient (Wildman–Crippen LogP) is 0.0156. The Morgan fingerprint density at radius 2 is 1.83 bits per heavy atom. The van der Waals surface area contributed by atoms with E-state index in [1.165, 1.54) is 55.2 Å². The quantitative estimate of drug-likeness (QED) is 0.649. The number of carbonyl (C=O) groups is 2. The number of rotatable bonds is 4. The fraction of sp³-hybridized carbons (Fsp3) is 0.650. The number of hydrogen-bond donors (Lipinski definition) is 0. The first-order valence-electron chi connectivity index (χ1n) is 10.4. The van der Waals surface area contributed by atoms with Gasteiger partial charge < -0.3 is 14.2 Å². The van der Waals surface area contributed by atoms with E-state index in [9.17, 15) is 19.2 Å². The molecule has 2 aromatic heterocycles. The Morgan fingerprint density at radius 1 is 1.10 bits per heavy atom. The molecule has 1 amide bonds. The van der Waals surface area contributed by atoms with E-state index >= 15 is 0 Å². The number of ether oxygens (including phenoxy) is 1. The van der Waals surface area contributed by atoms with Gasteiger partial charge in [-0.2, -0.15) is 0 Å². The van der Waals surface area contributed by atoms with Crippen molar-refractivity contribution >= 4 is 23.0 Å². The molecule has 3 heterocycles. The molecular weight excluding hydrogens is 390 g/mol. The zero-order valence-electron chi connectivity index (χ0n) is 17.4. The Balaban J connectivity index is 1.38. The predicted molar refractivity (Wildman–Crippen MR) is 108 cm³/mol. The number of likely N-dealkylation sites (tertiary alicyclic amines) is 1. The molecule has 162 valence electrons. The zero-order chi connectivity index (χ0) is 21.4. The van der Waals surface area contributed by atoms with Gasteiger partial charge in [-0.15, -0.1) is 0 Å². The van der Waals surface area contributed by atoms with Crippen LogP contribution in [0, 0.1) is 11.8 Å². The number of esters is 1. The lowest BCUT2D eigenvalue weighted by atomic mass is 9.75. The number of aromatic nitrogens is 4. The van der Waals surface area contributed by atoms with Gasteiger partial charge in [-0.3, -0.25) is 23.5 Å². The van der Waals surface area contributed by atoms with E-state index in [1.807, 2.05) is 0 Å². The lowest BCUT2D eigenvalue weighted by Gasteiger charge is -2.41. The van der Waals surface area contributed by atoms with E-state index in [4.69, 9.17) is 4.74 Å². The summed E-state index contributed by atoms with van der Waals surface area (Å²) in [7, 11) is 2.88. The summed E-state index contributed by atoms with van der Waals surface area (Å²) < 4.78 is 8.74. The summed E-state index contributed by atoms with van der Waals surface area (Å²) in [6, 6.07) is 0. The largest absolute Gasteiger partial charge is 0.454 e. The van der Waals surface area contributed by atoms with Crippen molar-refractivity contribution in [2.24, 2.45) is 25.9 Å². The third-order valence-corrected chi connectivity index (χ3v) is 6.52. The van der Waals surface area contributed by atoms with Gasteiger partial charge in [0.1, 0.15) is 6.54 Å². The molecule has 1 aliphatic heterocycles. The van der Waals surface area contributed by atoms with Gasteiger partial charge in [-0.25, -0.2) is 9.78 Å². The normalized spacial score (nSPS) is 21.5. The minimum Gasteiger partial charge on any atom is -0.454 e. The zero-order valence-corrected chi connectivity index (χ0v) is 17.4. The maximum absolute atomic E-state index is 12.5. The van der Waals surface area contributed by atoms with E-state index in [1.54, 1.807) is 4.90 Å². The van der Waals surface area contributed by atoms with Crippen LogP contribution in [-0.2, 0) is 35.0 Å². The van der Waals surface area contributed by atoms with Gasteiger partial charge in [0.15, 0.2) is 17.8 Å². The van der Waals surface area contributed by atoms with Gasteiger partial charge in [0, 0.05) is 27.2 Å². The Bertz CT molecular complexity index is 1100. The Labute approximate surface area is 173 Å². The summed E-state index contributed by atoms with van der Waals surface area (Å²) in [5.74, 6) is 0.470. The van der Waals surface area contributed by atoms with Crippen molar-refractivity contribution in [2.75, 3.05) is 19.7 Å². The highest BCUT2D eigenvalue weighted by atomic mass is 16.5. The molecule has 0 unspecified atom stereocenters. The molecule has 0 aromatic carbocycles. The molecule has 10 nitrogen and oxygen atoms in total. The van der Waals surface area contributed by atoms with Gasteiger partial charge in [-0.05, 0) is 24.7 Å². The van der Waals surface area contributed by atoms with Crippen LogP contribution in [0.2, 0.25) is 0 Å². The van der Waals surface area contributed by atoms with Crippen LogP contribution in [0.1, 0.15) is 32.1 Å². The minimum atomic E-state index is -0.633. The van der Waals surface area contributed by atoms with Crippen LogP contribution in [0.15, 0.2) is 15.9 Å². The minimum absolute atomic E-state index is 0.141. The molecule has 0 N–H and O–H groups in total. The topological polar surface area (TPSA) is 108 Å². The van der Waals surface area contributed by atoms with Gasteiger partial charge in [0.05, 0.1) is 6.33 Å². The number of piperidine rings is 1. The first-order chi connectivity index (χ1) is 14.4. The first kappa shape index (κ1) is 20.4. The van der Waals surface area contributed by atoms with Crippen LogP contribution in [0.25, 0.3) is 11.2 Å². The Hall–Kier alpha value is -2.91. The average Bonchev–Trinajstić information content (AvgIpc) is 3.17. The van der Waals surface area contributed by atoms with Crippen LogP contribution in [0.3, 0.4) is 0 Å². The van der Waals surface area contributed by atoms with Crippen molar-refractivity contribution in [3.63, 3.8) is 0 Å². The molecule has 0 radical (unpaired) electrons. The molecular formula is C20H27N5O5. The highest BCUT2D eigenvalue weighted by molar-refractivity contribution is 5.81. The molecule has 1 saturated carbocycles. The first-order valence-corrected chi connectivity index (χ1v) is 10.4. The second-order valence-electron chi connectivity index (χ2n) is 8.34. The fourth-order valence-electron chi connectivity index (χ4n) is 4.76. The van der Waals surface area contributed by atoms with Crippen molar-refractivity contribution in [3.8, 4) is 0 Å². The molecule has 10 heteroatoms. The lowest BCUT2D eigenvalue weighted by Crippen LogP contribution is -2.46. The maximum atomic E-state index is 12.5. The number of aryl methyl sites for hydroxylation is 1. The lowest BCUT2D eigenvalue weighted by molar-refractivity contribution is -0.153. The third-order valence-electron chi connectivity index (χ3n) is 6.52. The standard InChI is InChI=1S/C20H27N5O5/c1-22-18-17(19(28)23(2)20(22)29)25(12-21-18)10-16(27)30-11-15(26)24-8-7-13-5-3-4-6-14(13)9-24/h12-14H,3-11H2,1-2H3/t13-,14+/m0/s1. The molecule has 2 aromatic rings. The van der Waals surface area contributed by atoms with Gasteiger partial charge in [0.2, 0.25) is 0 Å². The third kappa shape index (κ3) is 3.66. The second-order valence-corrected chi connectivity index (χ2v) is 8.34. The van der Waals surface area contributed by atoms with E-state index < -0.39 is 17.2 Å². The summed E-state index contributed by atoms with van der Waals surface area (Å²) in [4.78, 5) is 55.1. The average molecular weight is 417 g/mol. The fourth-order valence-corrected chi connectivity index (χ4v) is 4.76. The molecule has 30 heavy (non-hydrogen) atoms. The summed E-state index contributed by atoms with van der Waals surface area (Å²) in [6.45, 7) is 0.895. The van der Waals surface area contributed by atoms with E-state index in [0.717, 1.165) is 23.5 Å². The number of carbonyl (C=O) groups excluding carboxylic acids is 2. The number of nitrogens with zero attached hydrogens (tertiary/aromatic N) is 5. The number of imidazole rings is 1. The Kier molecular flexibility index (Phi) is 5.48. The molecule has 0 bridgehead atoms. The second kappa shape index (κ2) is 8.08. The van der Waals surface area contributed by atoms with Crippen LogP contribution in [0.5, 0.6) is 0 Å². The van der Waals surface area contributed by atoms with E-state index in [0.29, 0.717) is 12.5 Å². The Morgan fingerprint density at radius 3 is 2.60 bits per heavy atom. The van der Waals surface area contributed by atoms with Gasteiger partial charge >= 0.3 is 11.7 Å². The molecule has 1 saturated heterocycles. The monoisotopic (exact) mass is 417 g/mol. The van der Waals surface area contributed by atoms with Crippen molar-refractivity contribution in [1.82, 2.24) is 23.6 Å². The van der Waals surface area contributed by atoms with E-state index in [2.05, 4.69) is 4.98 Å². The van der Waals surface area contributed by atoms with Crippen molar-refractivity contribution < 1.29 is 14.3 Å². The number of hydrogen-bond acceptors (Lipinski definition) is 6. The van der Waals surface area contributed by atoms with Crippen LogP contribution in [0.4, 0.5) is 0 Å². The van der Waals surface area contributed by atoms with Crippen molar-refractivity contribution in [3.05, 3.63) is 27.2 Å². The molecule has 1 aliphatic carbocycles. The highest BCUT2D eigenvalue weighted by Crippen LogP contribution is 2.35. The van der Waals surface area contributed by atoms with Crippen LogP contribution < -0.4 is 11.2 Å². The van der Waals surface area contributed by atoms with Gasteiger partial charge in [-0.1, -0.05) is 19.3 Å². The number of amides is 1. The molecule has 2 aliphatic rings. The van der Waals surface area contributed by atoms with Crippen LogP contribution in [-0.4, -0.2) is 55.2 Å². The smallest absolute Gasteiger partial charge is 0.332 e. The summed E-state index contributed by atoms with van der Waals surface area (Å²) >= 11 is 0. The van der Waals surface area contributed by atoms with E-state index in [-0.39, 0.29) is 30.2 Å². The van der Waals surface area contributed by atoms with Crippen molar-refractivity contribution in [1.29, 1.82) is 0 Å².